The second-order valence-corrected chi connectivity index (χ2v) is 5.64. The van der Waals surface area contributed by atoms with Crippen LogP contribution in [0.1, 0.15) is 48.2 Å². The predicted molar refractivity (Wildman–Crippen MR) is 91.4 cm³/mol. The van der Waals surface area contributed by atoms with Crippen LogP contribution < -0.4 is 4.90 Å². The van der Waals surface area contributed by atoms with E-state index in [0.29, 0.717) is 0 Å². The molecule has 0 radical (unpaired) electrons. The minimum absolute atomic E-state index is 0.0795. The lowest BCUT2D eigenvalue weighted by molar-refractivity contribution is 0.0985. The number of aromatic nitrogens is 1. The fourth-order valence-corrected chi connectivity index (χ4v) is 2.57. The second kappa shape index (κ2) is 7.74. The van der Waals surface area contributed by atoms with E-state index in [1.807, 2.05) is 48.4 Å². The third-order valence-electron chi connectivity index (χ3n) is 3.51. The van der Waals surface area contributed by atoms with Gasteiger partial charge >= 0.3 is 0 Å². The lowest BCUT2D eigenvalue weighted by Gasteiger charge is -2.29. The van der Waals surface area contributed by atoms with E-state index >= 15 is 0 Å². The molecule has 3 heteroatoms. The van der Waals surface area contributed by atoms with Crippen molar-refractivity contribution in [3.63, 3.8) is 0 Å². The maximum Gasteiger partial charge on any atom is 0.258 e. The first-order valence-electron chi connectivity index (χ1n) is 7.98. The Morgan fingerprint density at radius 1 is 1.27 bits per heavy atom. The van der Waals surface area contributed by atoms with Gasteiger partial charge in [0, 0.05) is 24.5 Å². The summed E-state index contributed by atoms with van der Waals surface area (Å²) >= 11 is 0. The summed E-state index contributed by atoms with van der Waals surface area (Å²) in [6, 6.07) is 9.69. The van der Waals surface area contributed by atoms with Crippen LogP contribution in [0.2, 0.25) is 0 Å². The Labute approximate surface area is 133 Å². The number of pyridine rings is 1. The molecule has 1 aromatic carbocycles. The standard InChI is InChI=1S/C16H16N2O.C3H8/c1-12-4-2-5-13(10-12)16(19)18-9-3-6-14-11-17-8-7-15(14)18;1-3-2/h2,4-5,7-8,10-11H,3,6,9H2,1H3;3H2,1-2H3. The number of anilines is 1. The van der Waals surface area contributed by atoms with E-state index in [-0.39, 0.29) is 5.91 Å². The lowest BCUT2D eigenvalue weighted by atomic mass is 10.0. The predicted octanol–water partition coefficient (Wildman–Crippen LogP) is 4.40. The van der Waals surface area contributed by atoms with Crippen molar-refractivity contribution in [2.24, 2.45) is 0 Å². The minimum Gasteiger partial charge on any atom is -0.308 e. The summed E-state index contributed by atoms with van der Waals surface area (Å²) in [5, 5.41) is 0. The number of carbonyl (C=O) groups excluding carboxylic acids is 1. The van der Waals surface area contributed by atoms with Gasteiger partial charge in [-0.1, -0.05) is 38.0 Å². The number of hydrogen-bond donors (Lipinski definition) is 0. The van der Waals surface area contributed by atoms with Crippen LogP contribution in [0.25, 0.3) is 0 Å². The van der Waals surface area contributed by atoms with Crippen LogP contribution in [0.15, 0.2) is 42.7 Å². The van der Waals surface area contributed by atoms with E-state index in [1.165, 1.54) is 6.42 Å². The third kappa shape index (κ3) is 3.73. The molecule has 0 aliphatic carbocycles. The smallest absolute Gasteiger partial charge is 0.258 e. The summed E-state index contributed by atoms with van der Waals surface area (Å²) in [6.45, 7) is 7.04. The van der Waals surface area contributed by atoms with Gasteiger partial charge in [-0.05, 0) is 43.5 Å². The summed E-state index contributed by atoms with van der Waals surface area (Å²) in [5.41, 5.74) is 4.03. The fourth-order valence-electron chi connectivity index (χ4n) is 2.57. The summed E-state index contributed by atoms with van der Waals surface area (Å²) in [6.07, 6.45) is 6.86. The highest BCUT2D eigenvalue weighted by molar-refractivity contribution is 6.06. The Morgan fingerprint density at radius 3 is 2.77 bits per heavy atom. The molecule has 1 aliphatic rings. The molecule has 2 heterocycles. The summed E-state index contributed by atoms with van der Waals surface area (Å²) in [7, 11) is 0. The van der Waals surface area contributed by atoms with Gasteiger partial charge in [0.15, 0.2) is 0 Å². The first kappa shape index (κ1) is 16.2. The first-order valence-corrected chi connectivity index (χ1v) is 7.98. The Kier molecular flexibility index (Phi) is 5.70. The monoisotopic (exact) mass is 296 g/mol. The van der Waals surface area contributed by atoms with E-state index in [1.54, 1.807) is 6.20 Å². The normalized spacial score (nSPS) is 13.0. The van der Waals surface area contributed by atoms with Crippen molar-refractivity contribution in [1.29, 1.82) is 0 Å². The molecular formula is C19H24N2O. The number of rotatable bonds is 1. The van der Waals surface area contributed by atoms with Crippen LogP contribution in [-0.2, 0) is 6.42 Å². The number of benzene rings is 1. The number of aryl methyl sites for hydroxylation is 2. The number of fused-ring (bicyclic) bond motifs is 1. The molecule has 1 aliphatic heterocycles. The molecule has 0 fully saturated rings. The number of amides is 1. The maximum absolute atomic E-state index is 12.6. The molecular weight excluding hydrogens is 272 g/mol. The minimum atomic E-state index is 0.0795. The van der Waals surface area contributed by atoms with Crippen LogP contribution in [0, 0.1) is 6.92 Å². The van der Waals surface area contributed by atoms with Crippen molar-refractivity contribution in [3.05, 3.63) is 59.4 Å². The molecule has 3 rings (SSSR count). The van der Waals surface area contributed by atoms with Crippen LogP contribution in [0.5, 0.6) is 0 Å². The summed E-state index contributed by atoms with van der Waals surface area (Å²) < 4.78 is 0. The highest BCUT2D eigenvalue weighted by Gasteiger charge is 2.23. The zero-order chi connectivity index (χ0) is 15.9. The van der Waals surface area contributed by atoms with Crippen LogP contribution >= 0.6 is 0 Å². The molecule has 0 atom stereocenters. The van der Waals surface area contributed by atoms with Crippen LogP contribution in [-0.4, -0.2) is 17.4 Å². The molecule has 116 valence electrons. The Balaban J connectivity index is 0.000000545. The molecule has 1 aromatic heterocycles. The molecule has 1 amide bonds. The lowest BCUT2D eigenvalue weighted by Crippen LogP contribution is -2.35. The van der Waals surface area contributed by atoms with Gasteiger partial charge in [0.25, 0.3) is 5.91 Å². The highest BCUT2D eigenvalue weighted by Crippen LogP contribution is 2.27. The van der Waals surface area contributed by atoms with Gasteiger partial charge in [-0.2, -0.15) is 0 Å². The van der Waals surface area contributed by atoms with Crippen molar-refractivity contribution in [2.75, 3.05) is 11.4 Å². The Bertz CT molecular complexity index is 637. The molecule has 3 nitrogen and oxygen atoms in total. The van der Waals surface area contributed by atoms with Gasteiger partial charge in [0.2, 0.25) is 0 Å². The molecule has 0 N–H and O–H groups in total. The SMILES string of the molecule is CCC.Cc1cccc(C(=O)N2CCCc3cnccc32)c1. The maximum atomic E-state index is 12.6. The molecule has 0 bridgehead atoms. The van der Waals surface area contributed by atoms with Crippen molar-refractivity contribution >= 4 is 11.6 Å². The van der Waals surface area contributed by atoms with Gasteiger partial charge < -0.3 is 4.90 Å². The summed E-state index contributed by atoms with van der Waals surface area (Å²) in [4.78, 5) is 18.6. The quantitative estimate of drug-likeness (QED) is 0.781. The number of nitrogens with zero attached hydrogens (tertiary/aromatic N) is 2. The molecule has 22 heavy (non-hydrogen) atoms. The van der Waals surface area contributed by atoms with Crippen molar-refractivity contribution in [1.82, 2.24) is 4.98 Å². The van der Waals surface area contributed by atoms with Crippen molar-refractivity contribution in [3.8, 4) is 0 Å². The van der Waals surface area contributed by atoms with Gasteiger partial charge in [0.05, 0.1) is 5.69 Å². The van der Waals surface area contributed by atoms with E-state index in [4.69, 9.17) is 0 Å². The van der Waals surface area contributed by atoms with Gasteiger partial charge in [-0.25, -0.2) is 0 Å². The van der Waals surface area contributed by atoms with Crippen LogP contribution in [0.4, 0.5) is 5.69 Å². The number of carbonyl (C=O) groups is 1. The van der Waals surface area contributed by atoms with E-state index in [0.717, 1.165) is 41.8 Å². The zero-order valence-electron chi connectivity index (χ0n) is 13.7. The zero-order valence-corrected chi connectivity index (χ0v) is 13.7. The Hall–Kier alpha value is -2.16. The van der Waals surface area contributed by atoms with Crippen molar-refractivity contribution in [2.45, 2.75) is 40.0 Å². The van der Waals surface area contributed by atoms with Gasteiger partial charge in [0.1, 0.15) is 0 Å². The van der Waals surface area contributed by atoms with E-state index < -0.39 is 0 Å². The average Bonchev–Trinajstić information content (AvgIpc) is 2.54. The first-order chi connectivity index (χ1) is 10.7. The topological polar surface area (TPSA) is 33.2 Å². The van der Waals surface area contributed by atoms with Gasteiger partial charge in [-0.3, -0.25) is 9.78 Å². The highest BCUT2D eigenvalue weighted by atomic mass is 16.2. The molecule has 0 unspecified atom stereocenters. The van der Waals surface area contributed by atoms with E-state index in [9.17, 15) is 4.79 Å². The Morgan fingerprint density at radius 2 is 2.05 bits per heavy atom. The van der Waals surface area contributed by atoms with Crippen LogP contribution in [0.3, 0.4) is 0 Å². The fraction of sp³-hybridized carbons (Fsp3) is 0.368. The van der Waals surface area contributed by atoms with E-state index in [2.05, 4.69) is 18.8 Å². The molecule has 0 saturated heterocycles. The average molecular weight is 296 g/mol. The van der Waals surface area contributed by atoms with Gasteiger partial charge in [-0.15, -0.1) is 0 Å². The largest absolute Gasteiger partial charge is 0.308 e. The summed E-state index contributed by atoms with van der Waals surface area (Å²) in [5.74, 6) is 0.0795. The number of hydrogen-bond acceptors (Lipinski definition) is 2. The third-order valence-corrected chi connectivity index (χ3v) is 3.51. The van der Waals surface area contributed by atoms with Crippen molar-refractivity contribution < 1.29 is 4.79 Å². The molecule has 0 saturated carbocycles. The molecule has 0 spiro atoms. The second-order valence-electron chi connectivity index (χ2n) is 5.64. The molecule has 2 aromatic rings.